The van der Waals surface area contributed by atoms with Crippen LogP contribution in [0.4, 0.5) is 10.1 Å². The molecule has 0 atom stereocenters. The van der Waals surface area contributed by atoms with Crippen molar-refractivity contribution in [2.45, 2.75) is 0 Å². The first-order chi connectivity index (χ1) is 6.67. The molecule has 74 valence electrons. The lowest BCUT2D eigenvalue weighted by atomic mass is 10.3. The molecule has 0 aliphatic heterocycles. The zero-order valence-electron chi connectivity index (χ0n) is 7.71. The van der Waals surface area contributed by atoms with Crippen LogP contribution in [-0.2, 0) is 4.79 Å². The van der Waals surface area contributed by atoms with Crippen molar-refractivity contribution in [3.63, 3.8) is 0 Å². The van der Waals surface area contributed by atoms with Gasteiger partial charge in [0.2, 0.25) is 5.91 Å². The van der Waals surface area contributed by atoms with E-state index >= 15 is 0 Å². The molecule has 4 heteroatoms. The lowest BCUT2D eigenvalue weighted by Crippen LogP contribution is -2.08. The van der Waals surface area contributed by atoms with E-state index in [2.05, 4.69) is 11.9 Å². The Balaban J connectivity index is 2.88. The number of anilines is 1. The second-order valence-corrected chi connectivity index (χ2v) is 2.54. The number of methoxy groups -OCH3 is 1. The van der Waals surface area contributed by atoms with E-state index in [0.29, 0.717) is 5.75 Å². The van der Waals surface area contributed by atoms with Crippen LogP contribution in [0.25, 0.3) is 0 Å². The number of carbonyl (C=O) groups is 1. The van der Waals surface area contributed by atoms with Gasteiger partial charge in [-0.2, -0.15) is 0 Å². The summed E-state index contributed by atoms with van der Waals surface area (Å²) in [5.41, 5.74) is 0.107. The van der Waals surface area contributed by atoms with Gasteiger partial charge in [0.25, 0.3) is 0 Å². The average molecular weight is 195 g/mol. The van der Waals surface area contributed by atoms with Crippen LogP contribution in [0, 0.1) is 5.82 Å². The van der Waals surface area contributed by atoms with Crippen molar-refractivity contribution in [3.8, 4) is 5.75 Å². The third-order valence-corrected chi connectivity index (χ3v) is 1.62. The van der Waals surface area contributed by atoms with E-state index in [1.54, 1.807) is 6.07 Å². The topological polar surface area (TPSA) is 38.3 Å². The third kappa shape index (κ3) is 2.32. The number of benzene rings is 1. The van der Waals surface area contributed by atoms with Crippen molar-refractivity contribution in [2.24, 2.45) is 0 Å². The van der Waals surface area contributed by atoms with E-state index in [1.165, 1.54) is 19.2 Å². The fourth-order valence-corrected chi connectivity index (χ4v) is 0.908. The molecule has 3 nitrogen and oxygen atoms in total. The fraction of sp³-hybridized carbons (Fsp3) is 0.100. The Morgan fingerprint density at radius 3 is 2.86 bits per heavy atom. The highest BCUT2D eigenvalue weighted by Crippen LogP contribution is 2.19. The second-order valence-electron chi connectivity index (χ2n) is 2.54. The van der Waals surface area contributed by atoms with Crippen LogP contribution >= 0.6 is 0 Å². The molecule has 1 amide bonds. The summed E-state index contributed by atoms with van der Waals surface area (Å²) < 4.78 is 18.0. The fourth-order valence-electron chi connectivity index (χ4n) is 0.908. The van der Waals surface area contributed by atoms with Gasteiger partial charge >= 0.3 is 0 Å². The molecule has 1 aromatic carbocycles. The van der Waals surface area contributed by atoms with Crippen molar-refractivity contribution < 1.29 is 13.9 Å². The van der Waals surface area contributed by atoms with Crippen LogP contribution in [0.3, 0.4) is 0 Å². The summed E-state index contributed by atoms with van der Waals surface area (Å²) >= 11 is 0. The highest BCUT2D eigenvalue weighted by Gasteiger charge is 2.05. The van der Waals surface area contributed by atoms with Crippen LogP contribution in [0.15, 0.2) is 30.9 Å². The molecule has 0 radical (unpaired) electrons. The largest absolute Gasteiger partial charge is 0.497 e. The number of halogens is 1. The molecular weight excluding hydrogens is 185 g/mol. The van der Waals surface area contributed by atoms with Gasteiger partial charge in [-0.25, -0.2) is 4.39 Å². The Bertz CT molecular complexity index is 363. The van der Waals surface area contributed by atoms with Crippen molar-refractivity contribution in [3.05, 3.63) is 36.7 Å². The first-order valence-corrected chi connectivity index (χ1v) is 3.94. The molecule has 0 heterocycles. The Labute approximate surface area is 81.2 Å². The van der Waals surface area contributed by atoms with Crippen LogP contribution in [0.1, 0.15) is 0 Å². The smallest absolute Gasteiger partial charge is 0.247 e. The first kappa shape index (κ1) is 10.2. The van der Waals surface area contributed by atoms with E-state index in [-0.39, 0.29) is 5.69 Å². The molecule has 1 N–H and O–H groups in total. The number of ether oxygens (including phenoxy) is 1. The number of carbonyl (C=O) groups excluding carboxylic acids is 1. The number of rotatable bonds is 3. The van der Waals surface area contributed by atoms with Gasteiger partial charge < -0.3 is 10.1 Å². The second kappa shape index (κ2) is 4.41. The zero-order valence-corrected chi connectivity index (χ0v) is 7.71. The van der Waals surface area contributed by atoms with Crippen molar-refractivity contribution in [1.82, 2.24) is 0 Å². The Morgan fingerprint density at radius 2 is 2.36 bits per heavy atom. The summed E-state index contributed by atoms with van der Waals surface area (Å²) in [6.45, 7) is 3.26. The predicted molar refractivity (Wildman–Crippen MR) is 51.8 cm³/mol. The third-order valence-electron chi connectivity index (χ3n) is 1.62. The zero-order chi connectivity index (χ0) is 10.6. The van der Waals surface area contributed by atoms with Gasteiger partial charge in [0, 0.05) is 6.07 Å². The molecule has 0 bridgehead atoms. The minimum Gasteiger partial charge on any atom is -0.497 e. The van der Waals surface area contributed by atoms with Gasteiger partial charge in [-0.15, -0.1) is 0 Å². The maximum absolute atomic E-state index is 13.2. The summed E-state index contributed by atoms with van der Waals surface area (Å²) in [5, 5.41) is 2.32. The van der Waals surface area contributed by atoms with Gasteiger partial charge in [-0.1, -0.05) is 6.58 Å². The number of hydrogen-bond acceptors (Lipinski definition) is 2. The normalized spacial score (nSPS) is 9.29. The lowest BCUT2D eigenvalue weighted by Gasteiger charge is -2.05. The van der Waals surface area contributed by atoms with Gasteiger partial charge in [-0.3, -0.25) is 4.79 Å². The Kier molecular flexibility index (Phi) is 3.23. The van der Waals surface area contributed by atoms with E-state index in [0.717, 1.165) is 6.08 Å². The molecule has 0 saturated heterocycles. The van der Waals surface area contributed by atoms with Crippen LogP contribution < -0.4 is 10.1 Å². The number of hydrogen-bond donors (Lipinski definition) is 1. The van der Waals surface area contributed by atoms with E-state index in [9.17, 15) is 9.18 Å². The molecular formula is C10H10FNO2. The highest BCUT2D eigenvalue weighted by atomic mass is 19.1. The predicted octanol–water partition coefficient (Wildman–Crippen LogP) is 1.96. The minimum absolute atomic E-state index is 0.107. The highest BCUT2D eigenvalue weighted by molar-refractivity contribution is 5.98. The van der Waals surface area contributed by atoms with Crippen LogP contribution in [-0.4, -0.2) is 13.0 Å². The summed E-state index contributed by atoms with van der Waals surface area (Å²) in [6.07, 6.45) is 1.07. The molecule has 0 unspecified atom stereocenters. The monoisotopic (exact) mass is 195 g/mol. The van der Waals surface area contributed by atoms with Crippen molar-refractivity contribution in [1.29, 1.82) is 0 Å². The molecule has 0 aliphatic carbocycles. The SMILES string of the molecule is C=CC(=O)Nc1ccc(OC)cc1F. The maximum atomic E-state index is 13.2. The van der Waals surface area contributed by atoms with Crippen molar-refractivity contribution >= 4 is 11.6 Å². The maximum Gasteiger partial charge on any atom is 0.247 e. The standard InChI is InChI=1S/C10H10FNO2/c1-3-10(13)12-9-5-4-7(14-2)6-8(9)11/h3-6H,1H2,2H3,(H,12,13). The first-order valence-electron chi connectivity index (χ1n) is 3.94. The van der Waals surface area contributed by atoms with Crippen molar-refractivity contribution in [2.75, 3.05) is 12.4 Å². The molecule has 14 heavy (non-hydrogen) atoms. The Hall–Kier alpha value is -1.84. The van der Waals surface area contributed by atoms with Gasteiger partial charge in [0.05, 0.1) is 12.8 Å². The summed E-state index contributed by atoms with van der Waals surface area (Å²) in [4.78, 5) is 10.9. The number of nitrogens with one attached hydrogen (secondary N) is 1. The van der Waals surface area contributed by atoms with Gasteiger partial charge in [0.1, 0.15) is 11.6 Å². The van der Waals surface area contributed by atoms with E-state index in [1.807, 2.05) is 0 Å². The molecule has 0 spiro atoms. The quantitative estimate of drug-likeness (QED) is 0.748. The molecule has 1 aromatic rings. The lowest BCUT2D eigenvalue weighted by molar-refractivity contribution is -0.111. The molecule has 0 fully saturated rings. The molecule has 1 rings (SSSR count). The number of amides is 1. The minimum atomic E-state index is -0.542. The van der Waals surface area contributed by atoms with E-state index in [4.69, 9.17) is 4.74 Å². The van der Waals surface area contributed by atoms with Gasteiger partial charge in [0.15, 0.2) is 0 Å². The van der Waals surface area contributed by atoms with Crippen LogP contribution in [0.2, 0.25) is 0 Å². The van der Waals surface area contributed by atoms with Crippen LogP contribution in [0.5, 0.6) is 5.75 Å². The Morgan fingerprint density at radius 1 is 1.64 bits per heavy atom. The van der Waals surface area contributed by atoms with Gasteiger partial charge in [-0.05, 0) is 18.2 Å². The molecule has 0 saturated carbocycles. The molecule has 0 aliphatic rings. The summed E-state index contributed by atoms with van der Waals surface area (Å²) in [7, 11) is 1.44. The summed E-state index contributed by atoms with van der Waals surface area (Å²) in [6, 6.07) is 4.18. The molecule has 0 aromatic heterocycles. The van der Waals surface area contributed by atoms with E-state index < -0.39 is 11.7 Å². The average Bonchev–Trinajstić information content (AvgIpc) is 2.20. The summed E-state index contributed by atoms with van der Waals surface area (Å²) in [5.74, 6) is -0.590.